The van der Waals surface area contributed by atoms with Crippen LogP contribution in [0.1, 0.15) is 23.5 Å². The third-order valence-electron chi connectivity index (χ3n) is 4.79. The van der Waals surface area contributed by atoms with E-state index in [1.54, 1.807) is 0 Å². The molecule has 0 radical (unpaired) electrons. The van der Waals surface area contributed by atoms with E-state index in [0.717, 1.165) is 34.1 Å². The maximum Gasteiger partial charge on any atom is 0.336 e. The number of hydrogen-bond donors (Lipinski definition) is 1. The molecular weight excluding hydrogens is 302 g/mol. The SMILES string of the molecule is Cc1ccccc1-c1cc(=O)oc2cc(C3CC3C(N)=O)ccc12. The first-order chi connectivity index (χ1) is 11.5. The Hall–Kier alpha value is -2.88. The number of primary amides is 1. The van der Waals surface area contributed by atoms with Gasteiger partial charge in [-0.1, -0.05) is 36.4 Å². The first-order valence-corrected chi connectivity index (χ1v) is 7.98. The van der Waals surface area contributed by atoms with Crippen molar-refractivity contribution < 1.29 is 9.21 Å². The van der Waals surface area contributed by atoms with E-state index in [1.807, 2.05) is 49.4 Å². The van der Waals surface area contributed by atoms with E-state index in [-0.39, 0.29) is 23.4 Å². The Morgan fingerprint density at radius 3 is 2.62 bits per heavy atom. The van der Waals surface area contributed by atoms with Gasteiger partial charge in [-0.3, -0.25) is 4.79 Å². The van der Waals surface area contributed by atoms with Crippen molar-refractivity contribution >= 4 is 16.9 Å². The summed E-state index contributed by atoms with van der Waals surface area (Å²) < 4.78 is 5.41. The number of amides is 1. The molecule has 0 spiro atoms. The summed E-state index contributed by atoms with van der Waals surface area (Å²) in [5, 5.41) is 0.893. The summed E-state index contributed by atoms with van der Waals surface area (Å²) in [6, 6.07) is 15.3. The predicted molar refractivity (Wildman–Crippen MR) is 92.7 cm³/mol. The lowest BCUT2D eigenvalue weighted by Gasteiger charge is -2.09. The predicted octanol–water partition coefficient (Wildman–Crippen LogP) is 3.36. The molecule has 24 heavy (non-hydrogen) atoms. The van der Waals surface area contributed by atoms with Crippen LogP contribution in [0.25, 0.3) is 22.1 Å². The average molecular weight is 319 g/mol. The normalized spacial score (nSPS) is 19.4. The Labute approximate surface area is 138 Å². The Morgan fingerprint density at radius 2 is 1.92 bits per heavy atom. The van der Waals surface area contributed by atoms with Crippen molar-refractivity contribution in [3.8, 4) is 11.1 Å². The number of aryl methyl sites for hydroxylation is 1. The molecule has 120 valence electrons. The van der Waals surface area contributed by atoms with Crippen LogP contribution in [0.2, 0.25) is 0 Å². The third-order valence-corrected chi connectivity index (χ3v) is 4.79. The van der Waals surface area contributed by atoms with E-state index < -0.39 is 0 Å². The van der Waals surface area contributed by atoms with Gasteiger partial charge in [-0.15, -0.1) is 0 Å². The van der Waals surface area contributed by atoms with Crippen LogP contribution in [0.5, 0.6) is 0 Å². The molecule has 1 saturated carbocycles. The molecule has 1 heterocycles. The average Bonchev–Trinajstić information content (AvgIpc) is 3.35. The number of carbonyl (C=O) groups excluding carboxylic acids is 1. The van der Waals surface area contributed by atoms with Crippen LogP contribution in [0.15, 0.2) is 57.7 Å². The molecule has 0 bridgehead atoms. The quantitative estimate of drug-likeness (QED) is 0.752. The molecule has 4 nitrogen and oxygen atoms in total. The molecule has 2 N–H and O–H groups in total. The lowest BCUT2D eigenvalue weighted by Crippen LogP contribution is -2.13. The van der Waals surface area contributed by atoms with Gasteiger partial charge in [0.25, 0.3) is 0 Å². The zero-order valence-corrected chi connectivity index (χ0v) is 13.3. The smallest absolute Gasteiger partial charge is 0.336 e. The van der Waals surface area contributed by atoms with Gasteiger partial charge in [0.2, 0.25) is 5.91 Å². The Kier molecular flexibility index (Phi) is 3.27. The standard InChI is InChI=1S/C20H17NO3/c1-11-4-2-3-5-13(11)16-10-19(22)24-18-8-12(6-7-14(16)18)15-9-17(15)20(21)23/h2-8,10,15,17H,9H2,1H3,(H2,21,23). The Bertz CT molecular complexity index is 1020. The molecule has 1 fully saturated rings. The fraction of sp³-hybridized carbons (Fsp3) is 0.200. The number of carbonyl (C=O) groups is 1. The van der Waals surface area contributed by atoms with Crippen molar-refractivity contribution in [1.29, 1.82) is 0 Å². The van der Waals surface area contributed by atoms with Crippen LogP contribution >= 0.6 is 0 Å². The third kappa shape index (κ3) is 2.40. The fourth-order valence-corrected chi connectivity index (χ4v) is 3.39. The number of rotatable bonds is 3. The molecule has 2 atom stereocenters. The van der Waals surface area contributed by atoms with E-state index in [9.17, 15) is 9.59 Å². The van der Waals surface area contributed by atoms with Crippen molar-refractivity contribution in [2.45, 2.75) is 19.3 Å². The maximum atomic E-state index is 12.0. The molecule has 4 rings (SSSR count). The van der Waals surface area contributed by atoms with E-state index in [4.69, 9.17) is 10.2 Å². The Balaban J connectivity index is 1.87. The minimum Gasteiger partial charge on any atom is -0.423 e. The highest BCUT2D eigenvalue weighted by Crippen LogP contribution is 2.47. The van der Waals surface area contributed by atoms with Gasteiger partial charge in [-0.25, -0.2) is 4.79 Å². The largest absolute Gasteiger partial charge is 0.423 e. The monoisotopic (exact) mass is 319 g/mol. The Morgan fingerprint density at radius 1 is 1.12 bits per heavy atom. The summed E-state index contributed by atoms with van der Waals surface area (Å²) >= 11 is 0. The molecule has 3 aromatic rings. The molecule has 1 amide bonds. The van der Waals surface area contributed by atoms with E-state index in [0.29, 0.717) is 5.58 Å². The van der Waals surface area contributed by atoms with Gasteiger partial charge in [0.15, 0.2) is 0 Å². The number of fused-ring (bicyclic) bond motifs is 1. The van der Waals surface area contributed by atoms with Gasteiger partial charge in [0, 0.05) is 22.9 Å². The van der Waals surface area contributed by atoms with Crippen molar-refractivity contribution in [2.75, 3.05) is 0 Å². The minimum atomic E-state index is -0.375. The fourth-order valence-electron chi connectivity index (χ4n) is 3.39. The van der Waals surface area contributed by atoms with Gasteiger partial charge < -0.3 is 10.2 Å². The zero-order chi connectivity index (χ0) is 16.8. The van der Waals surface area contributed by atoms with Gasteiger partial charge in [-0.05, 0) is 42.0 Å². The summed E-state index contributed by atoms with van der Waals surface area (Å²) in [5.74, 6) is -0.233. The second-order valence-corrected chi connectivity index (χ2v) is 6.40. The summed E-state index contributed by atoms with van der Waals surface area (Å²) in [5.41, 5.74) is 9.53. The second-order valence-electron chi connectivity index (χ2n) is 6.40. The lowest BCUT2D eigenvalue weighted by atomic mass is 9.96. The summed E-state index contributed by atoms with van der Waals surface area (Å²) in [6.07, 6.45) is 0.766. The molecular formula is C20H17NO3. The lowest BCUT2D eigenvalue weighted by molar-refractivity contribution is -0.119. The molecule has 0 saturated heterocycles. The molecule has 1 aliphatic carbocycles. The van der Waals surface area contributed by atoms with E-state index in [1.165, 1.54) is 6.07 Å². The van der Waals surface area contributed by atoms with Crippen molar-refractivity contribution in [3.63, 3.8) is 0 Å². The minimum absolute atomic E-state index is 0.103. The summed E-state index contributed by atoms with van der Waals surface area (Å²) in [4.78, 5) is 23.3. The summed E-state index contributed by atoms with van der Waals surface area (Å²) in [6.45, 7) is 2.02. The highest BCUT2D eigenvalue weighted by atomic mass is 16.4. The first kappa shape index (κ1) is 14.7. The molecule has 0 aliphatic heterocycles. The molecule has 1 aliphatic rings. The highest BCUT2D eigenvalue weighted by Gasteiger charge is 2.42. The van der Waals surface area contributed by atoms with Gasteiger partial charge >= 0.3 is 5.63 Å². The molecule has 1 aromatic heterocycles. The van der Waals surface area contributed by atoms with Crippen LogP contribution in [0.4, 0.5) is 0 Å². The summed E-state index contributed by atoms with van der Waals surface area (Å²) in [7, 11) is 0. The van der Waals surface area contributed by atoms with Crippen molar-refractivity contribution in [1.82, 2.24) is 0 Å². The van der Waals surface area contributed by atoms with E-state index in [2.05, 4.69) is 0 Å². The van der Waals surface area contributed by atoms with E-state index >= 15 is 0 Å². The topological polar surface area (TPSA) is 73.3 Å². The van der Waals surface area contributed by atoms with Gasteiger partial charge in [0.1, 0.15) is 5.58 Å². The van der Waals surface area contributed by atoms with Crippen LogP contribution in [-0.4, -0.2) is 5.91 Å². The van der Waals surface area contributed by atoms with Crippen LogP contribution in [-0.2, 0) is 4.79 Å². The number of benzene rings is 2. The molecule has 2 aromatic carbocycles. The highest BCUT2D eigenvalue weighted by molar-refractivity contribution is 5.94. The van der Waals surface area contributed by atoms with Crippen LogP contribution in [0.3, 0.4) is 0 Å². The van der Waals surface area contributed by atoms with Gasteiger partial charge in [-0.2, -0.15) is 0 Å². The van der Waals surface area contributed by atoms with Crippen LogP contribution < -0.4 is 11.4 Å². The van der Waals surface area contributed by atoms with Gasteiger partial charge in [0.05, 0.1) is 0 Å². The first-order valence-electron chi connectivity index (χ1n) is 7.98. The number of nitrogens with two attached hydrogens (primary N) is 1. The van der Waals surface area contributed by atoms with Crippen molar-refractivity contribution in [2.24, 2.45) is 11.7 Å². The van der Waals surface area contributed by atoms with Crippen LogP contribution in [0, 0.1) is 12.8 Å². The second kappa shape index (κ2) is 5.34. The van der Waals surface area contributed by atoms with Crippen molar-refractivity contribution in [3.05, 3.63) is 70.1 Å². The molecule has 4 heteroatoms. The number of hydrogen-bond acceptors (Lipinski definition) is 3. The zero-order valence-electron chi connectivity index (χ0n) is 13.3. The molecule has 2 unspecified atom stereocenters. The maximum absolute atomic E-state index is 12.0.